The van der Waals surface area contributed by atoms with E-state index < -0.39 is 11.8 Å². The topological polar surface area (TPSA) is 116 Å². The number of aromatic nitrogens is 4. The lowest BCUT2D eigenvalue weighted by atomic mass is 9.86. The molecule has 1 unspecified atom stereocenters. The molecule has 0 spiro atoms. The Balaban J connectivity index is 0.959. The molecule has 4 N–H and O–H groups in total. The molecule has 1 atom stereocenters. The van der Waals surface area contributed by atoms with Gasteiger partial charge in [0.2, 0.25) is 23.7 Å². The molecule has 0 bridgehead atoms. The molecule has 49 heavy (non-hydrogen) atoms. The van der Waals surface area contributed by atoms with Crippen molar-refractivity contribution < 1.29 is 27.2 Å². The molecule has 8 nitrogen and oxygen atoms in total. The van der Waals surface area contributed by atoms with Gasteiger partial charge in [0.1, 0.15) is 11.6 Å². The van der Waals surface area contributed by atoms with Crippen LogP contribution in [0, 0.1) is 11.8 Å². The summed E-state index contributed by atoms with van der Waals surface area (Å²) >= 11 is 0. The summed E-state index contributed by atoms with van der Waals surface area (Å²) in [6.45, 7) is 2.61. The first kappa shape index (κ1) is 34.4. The van der Waals surface area contributed by atoms with Crippen molar-refractivity contribution in [3.63, 3.8) is 0 Å². The van der Waals surface area contributed by atoms with Gasteiger partial charge in [-0.3, -0.25) is 9.59 Å². The Kier molecular flexibility index (Phi) is 10.2. The van der Waals surface area contributed by atoms with Gasteiger partial charge >= 0.3 is 0 Å². The fraction of sp³-hybridized carbons (Fsp3) is 0.459. The minimum atomic E-state index is -2.66. The van der Waals surface area contributed by atoms with Crippen molar-refractivity contribution in [2.75, 3.05) is 0 Å². The van der Waals surface area contributed by atoms with Gasteiger partial charge in [-0.05, 0) is 60.3 Å². The Hall–Kier alpha value is -4.48. The van der Waals surface area contributed by atoms with Gasteiger partial charge in [-0.1, -0.05) is 55.5 Å². The first-order valence-corrected chi connectivity index (χ1v) is 17.0. The molecular weight excluding hydrogens is 636 g/mol. The third kappa shape index (κ3) is 8.96. The lowest BCUT2D eigenvalue weighted by Gasteiger charge is -2.27. The van der Waals surface area contributed by atoms with Crippen LogP contribution in [0.1, 0.15) is 87.0 Å². The van der Waals surface area contributed by atoms with Gasteiger partial charge < -0.3 is 20.6 Å². The van der Waals surface area contributed by atoms with E-state index in [0.717, 1.165) is 28.9 Å². The zero-order valence-corrected chi connectivity index (χ0v) is 27.5. The van der Waals surface area contributed by atoms with Crippen molar-refractivity contribution in [3.05, 3.63) is 83.7 Å². The van der Waals surface area contributed by atoms with E-state index in [9.17, 15) is 27.2 Å². The van der Waals surface area contributed by atoms with E-state index in [0.29, 0.717) is 11.6 Å². The van der Waals surface area contributed by atoms with Gasteiger partial charge in [0.05, 0.1) is 36.9 Å². The third-order valence-electron chi connectivity index (χ3n) is 9.89. The summed E-state index contributed by atoms with van der Waals surface area (Å²) in [4.78, 5) is 40.1. The van der Waals surface area contributed by atoms with Gasteiger partial charge in [-0.15, -0.1) is 0 Å². The highest BCUT2D eigenvalue weighted by atomic mass is 19.3. The van der Waals surface area contributed by atoms with E-state index in [1.807, 2.05) is 24.3 Å². The zero-order chi connectivity index (χ0) is 34.6. The van der Waals surface area contributed by atoms with Crippen LogP contribution in [0.5, 0.6) is 0 Å². The highest BCUT2D eigenvalue weighted by Crippen LogP contribution is 2.37. The van der Waals surface area contributed by atoms with E-state index in [1.54, 1.807) is 12.4 Å². The van der Waals surface area contributed by atoms with Crippen LogP contribution in [0.3, 0.4) is 0 Å². The number of rotatable bonds is 11. The summed E-state index contributed by atoms with van der Waals surface area (Å²) in [6, 6.07) is 16.5. The molecule has 0 aliphatic heterocycles. The van der Waals surface area contributed by atoms with E-state index >= 15 is 0 Å². The lowest BCUT2D eigenvalue weighted by molar-refractivity contribution is -0.130. The second kappa shape index (κ2) is 14.6. The molecular formula is C37H42F4N6O2. The summed E-state index contributed by atoms with van der Waals surface area (Å²) in [7, 11) is 0. The van der Waals surface area contributed by atoms with Gasteiger partial charge in [0.15, 0.2) is 0 Å². The fourth-order valence-corrected chi connectivity index (χ4v) is 6.72. The predicted octanol–water partition coefficient (Wildman–Crippen LogP) is 7.70. The molecule has 2 heterocycles. The Labute approximate surface area is 282 Å². The van der Waals surface area contributed by atoms with Crippen LogP contribution < -0.4 is 10.6 Å². The average Bonchev–Trinajstić information content (AvgIpc) is 3.77. The Morgan fingerprint density at radius 1 is 0.714 bits per heavy atom. The number of benzene rings is 2. The second-order valence-electron chi connectivity index (χ2n) is 13.6. The minimum Gasteiger partial charge on any atom is -0.349 e. The number of H-pyrrole nitrogens is 2. The molecule has 2 fully saturated rings. The van der Waals surface area contributed by atoms with Gasteiger partial charge in [0.25, 0.3) is 0 Å². The maximum absolute atomic E-state index is 13.4. The van der Waals surface area contributed by atoms with Crippen molar-refractivity contribution in [1.29, 1.82) is 0 Å². The maximum Gasteiger partial charge on any atom is 0.248 e. The molecule has 2 amide bonds. The molecule has 4 aromatic rings. The monoisotopic (exact) mass is 678 g/mol. The van der Waals surface area contributed by atoms with E-state index in [4.69, 9.17) is 0 Å². The van der Waals surface area contributed by atoms with Crippen LogP contribution in [0.2, 0.25) is 0 Å². The summed E-state index contributed by atoms with van der Waals surface area (Å²) in [6.07, 6.45) is 4.13. The lowest BCUT2D eigenvalue weighted by Crippen LogP contribution is -2.35. The molecule has 2 aliphatic rings. The number of alkyl halides is 4. The zero-order valence-electron chi connectivity index (χ0n) is 27.5. The maximum atomic E-state index is 13.4. The number of aromatic amines is 2. The van der Waals surface area contributed by atoms with Crippen LogP contribution in [0.4, 0.5) is 17.6 Å². The predicted molar refractivity (Wildman–Crippen MR) is 178 cm³/mol. The molecule has 260 valence electrons. The van der Waals surface area contributed by atoms with E-state index in [-0.39, 0.29) is 94.0 Å². The fourth-order valence-electron chi connectivity index (χ4n) is 6.72. The Morgan fingerprint density at radius 3 is 1.55 bits per heavy atom. The highest BCUT2D eigenvalue weighted by Gasteiger charge is 2.38. The normalized spacial score (nSPS) is 18.6. The smallest absolute Gasteiger partial charge is 0.248 e. The van der Waals surface area contributed by atoms with E-state index in [2.05, 4.69) is 61.8 Å². The van der Waals surface area contributed by atoms with Crippen molar-refractivity contribution in [2.45, 2.75) is 95.6 Å². The molecule has 6 rings (SSSR count). The van der Waals surface area contributed by atoms with Gasteiger partial charge in [0, 0.05) is 37.5 Å². The highest BCUT2D eigenvalue weighted by molar-refractivity contribution is 5.79. The van der Waals surface area contributed by atoms with Crippen molar-refractivity contribution in [2.24, 2.45) is 11.8 Å². The largest absolute Gasteiger partial charge is 0.349 e. The summed E-state index contributed by atoms with van der Waals surface area (Å²) < 4.78 is 53.6. The third-order valence-corrected chi connectivity index (χ3v) is 9.89. The minimum absolute atomic E-state index is 0.201. The van der Waals surface area contributed by atoms with Crippen molar-refractivity contribution in [3.8, 4) is 22.5 Å². The van der Waals surface area contributed by atoms with Crippen LogP contribution in [-0.4, -0.2) is 43.6 Å². The number of amides is 2. The number of hydrogen-bond donors (Lipinski definition) is 4. The number of nitrogens with zero attached hydrogens (tertiary/aromatic N) is 2. The van der Waals surface area contributed by atoms with Gasteiger partial charge in [-0.2, -0.15) is 0 Å². The number of hydrogen-bond acceptors (Lipinski definition) is 4. The number of carbonyl (C=O) groups is 2. The van der Waals surface area contributed by atoms with E-state index in [1.165, 1.54) is 11.1 Å². The molecule has 12 heteroatoms. The number of carbonyl (C=O) groups excluding carboxylic acids is 2. The Bertz CT molecular complexity index is 1710. The SMILES string of the molecule is CC(Cc1ccc(-c2cnc(CNC(=O)C3CCC(F)(F)CC3)[nH]2)cc1)c1ccc(-c2cnc(CNC(=O)C3CCC(F)(F)CC3)[nH]2)cc1. The molecule has 0 saturated heterocycles. The average molecular weight is 679 g/mol. The number of halogens is 4. The first-order valence-electron chi connectivity index (χ1n) is 17.0. The molecule has 2 aliphatic carbocycles. The van der Waals surface area contributed by atoms with Crippen LogP contribution >= 0.6 is 0 Å². The summed E-state index contributed by atoms with van der Waals surface area (Å²) in [5.41, 5.74) is 5.98. The summed E-state index contributed by atoms with van der Waals surface area (Å²) in [5.74, 6) is -5.00. The van der Waals surface area contributed by atoms with Crippen LogP contribution in [0.15, 0.2) is 60.9 Å². The van der Waals surface area contributed by atoms with Crippen molar-refractivity contribution >= 4 is 11.8 Å². The molecule has 2 aromatic heterocycles. The molecule has 2 saturated carbocycles. The molecule has 0 radical (unpaired) electrons. The number of nitrogens with one attached hydrogen (secondary N) is 4. The van der Waals surface area contributed by atoms with Crippen LogP contribution in [0.25, 0.3) is 22.5 Å². The molecule has 2 aromatic carbocycles. The number of imidazole rings is 2. The summed E-state index contributed by atoms with van der Waals surface area (Å²) in [5, 5.41) is 5.66. The quantitative estimate of drug-likeness (QED) is 0.122. The standard InChI is InChI=1S/C37H42F4N6O2/c1-23(25-6-8-27(9-7-25)31-20-43-33(47-31)22-45-35(49)29-12-16-37(40,41)17-13-29)18-24-2-4-26(5-3-24)30-19-42-32(46-30)21-44-34(48)28-10-14-36(38,39)15-11-28/h2-9,19-20,23,28-29H,10-18,21-22H2,1H3,(H,42,46)(H,43,47)(H,44,48)(H,45,49). The van der Waals surface area contributed by atoms with Crippen LogP contribution in [-0.2, 0) is 29.1 Å². The Morgan fingerprint density at radius 2 is 1.12 bits per heavy atom. The second-order valence-corrected chi connectivity index (χ2v) is 13.6. The first-order chi connectivity index (χ1) is 23.4. The van der Waals surface area contributed by atoms with Gasteiger partial charge in [-0.25, -0.2) is 27.5 Å². The van der Waals surface area contributed by atoms with Crippen molar-refractivity contribution in [1.82, 2.24) is 30.6 Å².